The van der Waals surface area contributed by atoms with Gasteiger partial charge >= 0.3 is 6.09 Å². The van der Waals surface area contributed by atoms with Gasteiger partial charge in [-0.2, -0.15) is 0 Å². The number of methoxy groups -OCH3 is 1. The molecule has 46 heavy (non-hydrogen) atoms. The van der Waals surface area contributed by atoms with Crippen molar-refractivity contribution in [2.24, 2.45) is 0 Å². The molecule has 1 heterocycles. The summed E-state index contributed by atoms with van der Waals surface area (Å²) in [5, 5.41) is 2.96. The van der Waals surface area contributed by atoms with Crippen molar-refractivity contribution in [1.82, 2.24) is 4.90 Å². The summed E-state index contributed by atoms with van der Waals surface area (Å²) in [7, 11) is 6.28. The molecule has 1 amide bonds. The lowest BCUT2D eigenvalue weighted by atomic mass is 10.0. The molecule has 0 unspecified atom stereocenters. The number of rotatable bonds is 19. The van der Waals surface area contributed by atoms with E-state index in [-0.39, 0.29) is 12.2 Å². The first kappa shape index (κ1) is 35.4. The average Bonchev–Trinajstić information content (AvgIpc) is 3.07. The molecule has 8 heteroatoms. The van der Waals surface area contributed by atoms with Crippen LogP contribution in [0.2, 0.25) is 0 Å². The molecule has 1 aliphatic heterocycles. The summed E-state index contributed by atoms with van der Waals surface area (Å²) in [4.78, 5) is 15.1. The van der Waals surface area contributed by atoms with Crippen molar-refractivity contribution in [3.05, 3.63) is 84.4 Å². The number of quaternary nitrogens is 1. The number of nitrogens with one attached hydrogen (secondary N) is 1. The van der Waals surface area contributed by atoms with Crippen molar-refractivity contribution in [3.63, 3.8) is 0 Å². The van der Waals surface area contributed by atoms with Crippen LogP contribution in [-0.4, -0.2) is 95.3 Å². The van der Waals surface area contributed by atoms with Crippen LogP contribution in [0.4, 0.5) is 10.5 Å². The summed E-state index contributed by atoms with van der Waals surface area (Å²) in [5.41, 5.74) is 3.91. The molecule has 4 rings (SSSR count). The smallest absolute Gasteiger partial charge is 0.411 e. The summed E-state index contributed by atoms with van der Waals surface area (Å²) >= 11 is 0. The second-order valence-electron chi connectivity index (χ2n) is 12.8. The Hall–Kier alpha value is -3.43. The molecule has 8 nitrogen and oxygen atoms in total. The van der Waals surface area contributed by atoms with Crippen molar-refractivity contribution in [1.29, 1.82) is 0 Å². The largest absolute Gasteiger partial charge is 0.496 e. The normalized spacial score (nSPS) is 14.2. The summed E-state index contributed by atoms with van der Waals surface area (Å²) < 4.78 is 24.0. The van der Waals surface area contributed by atoms with E-state index in [2.05, 4.69) is 30.4 Å². The van der Waals surface area contributed by atoms with Crippen LogP contribution in [0.25, 0.3) is 11.1 Å². The van der Waals surface area contributed by atoms with Gasteiger partial charge in [-0.15, -0.1) is 0 Å². The van der Waals surface area contributed by atoms with Crippen molar-refractivity contribution in [2.45, 2.75) is 51.2 Å². The number of likely N-dealkylation sites (tertiary alicyclic amines) is 1. The fraction of sp³-hybridized carbons (Fsp3) is 0.500. The summed E-state index contributed by atoms with van der Waals surface area (Å²) in [6.07, 6.45) is 5.95. The van der Waals surface area contributed by atoms with E-state index in [9.17, 15) is 4.79 Å². The lowest BCUT2D eigenvalue weighted by Gasteiger charge is -2.32. The lowest BCUT2D eigenvalue weighted by Crippen LogP contribution is -2.43. The van der Waals surface area contributed by atoms with Gasteiger partial charge in [-0.05, 0) is 49.8 Å². The quantitative estimate of drug-likeness (QED) is 0.111. The molecule has 0 radical (unpaired) electrons. The zero-order valence-corrected chi connectivity index (χ0v) is 28.1. The maximum absolute atomic E-state index is 12.7. The predicted octanol–water partition coefficient (Wildman–Crippen LogP) is 7.25. The monoisotopic (exact) mass is 632 g/mol. The topological polar surface area (TPSA) is 69.3 Å². The van der Waals surface area contributed by atoms with E-state index in [0.29, 0.717) is 6.61 Å². The number of carbonyl (C=O) groups is 1. The third kappa shape index (κ3) is 12.4. The van der Waals surface area contributed by atoms with Crippen LogP contribution in [0.15, 0.2) is 78.9 Å². The van der Waals surface area contributed by atoms with Crippen molar-refractivity contribution < 1.29 is 28.2 Å². The average molecular weight is 633 g/mol. The predicted molar refractivity (Wildman–Crippen MR) is 185 cm³/mol. The van der Waals surface area contributed by atoms with Gasteiger partial charge in [-0.1, -0.05) is 73.2 Å². The first-order chi connectivity index (χ1) is 22.4. The van der Waals surface area contributed by atoms with Gasteiger partial charge in [0.15, 0.2) is 0 Å². The third-order valence-corrected chi connectivity index (χ3v) is 8.70. The van der Waals surface area contributed by atoms with Crippen molar-refractivity contribution in [3.8, 4) is 16.9 Å². The molecule has 0 aromatic heterocycles. The van der Waals surface area contributed by atoms with Gasteiger partial charge in [0.25, 0.3) is 0 Å². The van der Waals surface area contributed by atoms with Gasteiger partial charge in [0.1, 0.15) is 18.4 Å². The summed E-state index contributed by atoms with van der Waals surface area (Å²) in [6, 6.07) is 25.9. The van der Waals surface area contributed by atoms with E-state index in [0.717, 1.165) is 104 Å². The SMILES string of the molecule is COc1ccccc1COCCCCCC[N+](C)(C)CCOCCN1CCC(OC(=O)Nc2ccccc2-c2ccccc2)CC1. The standard InChI is InChI=1S/C38H53N3O5/c1-41(2,26-13-4-5-14-28-45-31-33-17-9-12-20-37(33)43-3)27-30-44-29-25-40-23-21-34(22-24-40)46-38(42)39-36-19-11-10-18-35(36)32-15-7-6-8-16-32/h6-12,15-20,34H,4-5,13-14,21-31H2,1-3H3/p+1. The minimum atomic E-state index is -0.389. The molecular weight excluding hydrogens is 578 g/mol. The maximum atomic E-state index is 12.7. The van der Waals surface area contributed by atoms with E-state index in [1.165, 1.54) is 19.3 Å². The first-order valence-corrected chi connectivity index (χ1v) is 16.9. The summed E-state index contributed by atoms with van der Waals surface area (Å²) in [5.74, 6) is 0.891. The molecule has 1 aliphatic rings. The van der Waals surface area contributed by atoms with E-state index < -0.39 is 0 Å². The molecule has 3 aromatic carbocycles. The highest BCUT2D eigenvalue weighted by molar-refractivity contribution is 5.91. The number of amides is 1. The van der Waals surface area contributed by atoms with E-state index in [4.69, 9.17) is 18.9 Å². The van der Waals surface area contributed by atoms with Crippen LogP contribution in [0.5, 0.6) is 5.75 Å². The van der Waals surface area contributed by atoms with Gasteiger partial charge in [-0.3, -0.25) is 5.32 Å². The number of hydrogen-bond donors (Lipinski definition) is 1. The molecule has 0 atom stereocenters. The Labute approximate surface area is 276 Å². The molecule has 1 fully saturated rings. The second-order valence-corrected chi connectivity index (χ2v) is 12.8. The van der Waals surface area contributed by atoms with Crippen LogP contribution in [0, 0.1) is 0 Å². The maximum Gasteiger partial charge on any atom is 0.411 e. The Morgan fingerprint density at radius 2 is 1.52 bits per heavy atom. The van der Waals surface area contributed by atoms with E-state index in [1.807, 2.05) is 72.8 Å². The Morgan fingerprint density at radius 1 is 0.804 bits per heavy atom. The molecular formula is C38H54N3O5+. The molecule has 0 spiro atoms. The molecule has 0 bridgehead atoms. The van der Waals surface area contributed by atoms with Gasteiger partial charge < -0.3 is 28.3 Å². The first-order valence-electron chi connectivity index (χ1n) is 16.9. The Bertz CT molecular complexity index is 1290. The molecule has 0 saturated carbocycles. The number of benzene rings is 3. The zero-order valence-electron chi connectivity index (χ0n) is 28.1. The number of unbranched alkanes of at least 4 members (excludes halogenated alkanes) is 3. The highest BCUT2D eigenvalue weighted by Gasteiger charge is 2.23. The fourth-order valence-electron chi connectivity index (χ4n) is 5.82. The molecule has 1 N–H and O–H groups in total. The van der Waals surface area contributed by atoms with Gasteiger partial charge in [0.2, 0.25) is 0 Å². The van der Waals surface area contributed by atoms with Crippen LogP contribution >= 0.6 is 0 Å². The molecule has 3 aromatic rings. The zero-order chi connectivity index (χ0) is 32.5. The number of likely N-dealkylation sites (N-methyl/N-ethyl adjacent to an activating group) is 1. The number of carbonyl (C=O) groups excluding carboxylic acids is 1. The van der Waals surface area contributed by atoms with Crippen LogP contribution < -0.4 is 10.1 Å². The van der Waals surface area contributed by atoms with Crippen molar-refractivity contribution in [2.75, 3.05) is 79.1 Å². The van der Waals surface area contributed by atoms with Crippen LogP contribution in [0.1, 0.15) is 44.1 Å². The van der Waals surface area contributed by atoms with Crippen LogP contribution in [-0.2, 0) is 20.8 Å². The minimum Gasteiger partial charge on any atom is -0.496 e. The highest BCUT2D eigenvalue weighted by atomic mass is 16.6. The number of anilines is 1. The number of piperidine rings is 1. The van der Waals surface area contributed by atoms with E-state index in [1.54, 1.807) is 7.11 Å². The third-order valence-electron chi connectivity index (χ3n) is 8.70. The number of nitrogens with zero attached hydrogens (tertiary/aromatic N) is 2. The van der Waals surface area contributed by atoms with Gasteiger partial charge in [0.05, 0.1) is 53.3 Å². The van der Waals surface area contributed by atoms with Crippen LogP contribution in [0.3, 0.4) is 0 Å². The molecule has 1 saturated heterocycles. The summed E-state index contributed by atoms with van der Waals surface area (Å²) in [6.45, 7) is 7.80. The Kier molecular flexibility index (Phi) is 14.8. The van der Waals surface area contributed by atoms with Gasteiger partial charge in [0, 0.05) is 37.4 Å². The Balaban J connectivity index is 0.997. The second kappa shape index (κ2) is 19.3. The number of para-hydroxylation sites is 2. The lowest BCUT2D eigenvalue weighted by molar-refractivity contribution is -0.891. The number of ether oxygens (including phenoxy) is 4. The molecule has 250 valence electrons. The number of hydrogen-bond acceptors (Lipinski definition) is 6. The highest BCUT2D eigenvalue weighted by Crippen LogP contribution is 2.28. The molecule has 0 aliphatic carbocycles. The van der Waals surface area contributed by atoms with E-state index >= 15 is 0 Å². The van der Waals surface area contributed by atoms with Gasteiger partial charge in [-0.25, -0.2) is 4.79 Å². The minimum absolute atomic E-state index is 0.0647. The Morgan fingerprint density at radius 3 is 2.33 bits per heavy atom. The fourth-order valence-corrected chi connectivity index (χ4v) is 5.82. The van der Waals surface area contributed by atoms with Crippen molar-refractivity contribution >= 4 is 11.8 Å².